The van der Waals surface area contributed by atoms with Crippen LogP contribution in [0, 0.1) is 17.3 Å². The van der Waals surface area contributed by atoms with Gasteiger partial charge in [-0.25, -0.2) is 4.99 Å². The number of carbonyl (C=O) groups is 1. The summed E-state index contributed by atoms with van der Waals surface area (Å²) in [7, 11) is 0. The van der Waals surface area contributed by atoms with Crippen molar-refractivity contribution in [3.8, 4) is 0 Å². The van der Waals surface area contributed by atoms with Crippen LogP contribution in [-0.4, -0.2) is 28.9 Å². The van der Waals surface area contributed by atoms with E-state index in [0.29, 0.717) is 23.8 Å². The lowest BCUT2D eigenvalue weighted by molar-refractivity contribution is -0.132. The third-order valence-electron chi connectivity index (χ3n) is 9.14. The zero-order valence-corrected chi connectivity index (χ0v) is 22.0. The second-order valence-corrected chi connectivity index (χ2v) is 12.1. The van der Waals surface area contributed by atoms with Crippen LogP contribution in [0.5, 0.6) is 0 Å². The minimum absolute atomic E-state index is 0.127. The van der Waals surface area contributed by atoms with Crippen molar-refractivity contribution in [1.82, 2.24) is 4.90 Å². The fraction of sp³-hybridized carbons (Fsp3) is 0.677. The lowest BCUT2D eigenvalue weighted by Crippen LogP contribution is -2.46. The van der Waals surface area contributed by atoms with Crippen LogP contribution in [0.25, 0.3) is 0 Å². The summed E-state index contributed by atoms with van der Waals surface area (Å²) >= 11 is 0. The second-order valence-electron chi connectivity index (χ2n) is 12.1. The van der Waals surface area contributed by atoms with Gasteiger partial charge < -0.3 is 5.73 Å². The number of carbonyl (C=O) groups excluding carboxylic acids is 1. The molecule has 0 unspecified atom stereocenters. The normalized spacial score (nSPS) is 29.9. The molecule has 4 rings (SSSR count). The molecule has 35 heavy (non-hydrogen) atoms. The fourth-order valence-electron chi connectivity index (χ4n) is 7.27. The monoisotopic (exact) mass is 477 g/mol. The fourth-order valence-corrected chi connectivity index (χ4v) is 7.27. The summed E-state index contributed by atoms with van der Waals surface area (Å²) in [5.74, 6) is 1.82. The first kappa shape index (κ1) is 26.0. The number of amides is 1. The van der Waals surface area contributed by atoms with Crippen LogP contribution in [-0.2, 0) is 11.2 Å². The highest BCUT2D eigenvalue weighted by Gasteiger charge is 2.49. The van der Waals surface area contributed by atoms with Crippen molar-refractivity contribution < 1.29 is 4.79 Å². The Morgan fingerprint density at radius 3 is 2.57 bits per heavy atom. The van der Waals surface area contributed by atoms with E-state index >= 15 is 0 Å². The Balaban J connectivity index is 1.41. The molecule has 1 aromatic rings. The van der Waals surface area contributed by atoms with Gasteiger partial charge in [0.05, 0.1) is 0 Å². The number of aliphatic imine (C=N–C) groups is 1. The molecule has 3 atom stereocenters. The minimum atomic E-state index is -0.655. The van der Waals surface area contributed by atoms with Gasteiger partial charge in [0.15, 0.2) is 5.96 Å². The Labute approximate surface area is 213 Å². The van der Waals surface area contributed by atoms with E-state index in [1.807, 2.05) is 0 Å². The molecule has 0 spiro atoms. The molecule has 1 aliphatic heterocycles. The van der Waals surface area contributed by atoms with Crippen molar-refractivity contribution in [2.24, 2.45) is 28.0 Å². The highest BCUT2D eigenvalue weighted by molar-refractivity contribution is 6.06. The van der Waals surface area contributed by atoms with Gasteiger partial charge in [-0.15, -0.1) is 6.58 Å². The maximum absolute atomic E-state index is 13.7. The zero-order chi connectivity index (χ0) is 24.7. The molecule has 0 radical (unpaired) electrons. The molecule has 0 bridgehead atoms. The second kappa shape index (κ2) is 11.8. The molecule has 4 nitrogen and oxygen atoms in total. The lowest BCUT2D eigenvalue weighted by Gasteiger charge is -2.41. The lowest BCUT2D eigenvalue weighted by atomic mass is 9.65. The van der Waals surface area contributed by atoms with Gasteiger partial charge in [-0.05, 0) is 74.2 Å². The topological polar surface area (TPSA) is 58.7 Å². The number of hydrogen-bond donors (Lipinski definition) is 1. The van der Waals surface area contributed by atoms with Crippen LogP contribution in [0.2, 0.25) is 0 Å². The minimum Gasteiger partial charge on any atom is -0.369 e. The smallest absolute Gasteiger partial charge is 0.257 e. The first-order valence-electron chi connectivity index (χ1n) is 14.3. The molecule has 0 aromatic heterocycles. The predicted octanol–water partition coefficient (Wildman–Crippen LogP) is 7.04. The van der Waals surface area contributed by atoms with Gasteiger partial charge in [0, 0.05) is 6.54 Å². The van der Waals surface area contributed by atoms with Gasteiger partial charge >= 0.3 is 0 Å². The third kappa shape index (κ3) is 6.57. The van der Waals surface area contributed by atoms with E-state index in [-0.39, 0.29) is 5.91 Å². The molecule has 3 aliphatic rings. The number of nitrogens with zero attached hydrogens (tertiary/aromatic N) is 2. The molecular formula is C31H47N3O. The van der Waals surface area contributed by atoms with Crippen LogP contribution in [0.4, 0.5) is 0 Å². The summed E-state index contributed by atoms with van der Waals surface area (Å²) in [6.07, 6.45) is 19.9. The van der Waals surface area contributed by atoms with E-state index < -0.39 is 5.54 Å². The molecule has 2 fully saturated rings. The average Bonchev–Trinajstić information content (AvgIpc) is 3.08. The molecule has 2 N–H and O–H groups in total. The Hall–Kier alpha value is -2.10. The zero-order valence-electron chi connectivity index (χ0n) is 22.0. The summed E-state index contributed by atoms with van der Waals surface area (Å²) < 4.78 is 0. The Kier molecular flexibility index (Phi) is 8.73. The van der Waals surface area contributed by atoms with Crippen LogP contribution >= 0.6 is 0 Å². The maximum Gasteiger partial charge on any atom is 0.257 e. The van der Waals surface area contributed by atoms with Crippen LogP contribution in [0.15, 0.2) is 48.0 Å². The van der Waals surface area contributed by atoms with Crippen molar-refractivity contribution in [2.45, 2.75) is 109 Å². The van der Waals surface area contributed by atoms with Gasteiger partial charge in [0.1, 0.15) is 5.54 Å². The summed E-state index contributed by atoms with van der Waals surface area (Å²) in [6, 6.07) is 10.9. The van der Waals surface area contributed by atoms with E-state index in [4.69, 9.17) is 10.7 Å². The maximum atomic E-state index is 13.7. The number of rotatable bonds is 11. The van der Waals surface area contributed by atoms with Gasteiger partial charge in [-0.3, -0.25) is 9.69 Å². The van der Waals surface area contributed by atoms with Crippen molar-refractivity contribution in [1.29, 1.82) is 0 Å². The largest absolute Gasteiger partial charge is 0.369 e. The number of hydrogen-bond acceptors (Lipinski definition) is 3. The Morgan fingerprint density at radius 1 is 1.09 bits per heavy atom. The quantitative estimate of drug-likeness (QED) is 0.348. The van der Waals surface area contributed by atoms with Gasteiger partial charge in [-0.1, -0.05) is 88.3 Å². The number of benzene rings is 1. The predicted molar refractivity (Wildman–Crippen MR) is 146 cm³/mol. The van der Waals surface area contributed by atoms with Gasteiger partial charge in [-0.2, -0.15) is 0 Å². The first-order chi connectivity index (χ1) is 16.9. The van der Waals surface area contributed by atoms with Crippen molar-refractivity contribution in [2.75, 3.05) is 6.54 Å². The van der Waals surface area contributed by atoms with Gasteiger partial charge in [0.2, 0.25) is 0 Å². The average molecular weight is 478 g/mol. The molecule has 1 heterocycles. The Morgan fingerprint density at radius 2 is 1.83 bits per heavy atom. The summed E-state index contributed by atoms with van der Waals surface area (Å²) in [5.41, 5.74) is 7.47. The summed E-state index contributed by atoms with van der Waals surface area (Å²) in [4.78, 5) is 20.4. The standard InChI is InChI=1S/C31H47N3O/c1-3-22-34-28(35)31(33-29(34)32,21-18-26-14-8-5-9-15-26)24-27-17-11-20-30(2,23-27)19-10-16-25-12-6-4-7-13-25/h3-4,6-7,12-13,26-27H,1,5,8-11,14-24H2,2H3,(H2,32,33)/t27-,30-,31+/m0/s1. The van der Waals surface area contributed by atoms with E-state index in [0.717, 1.165) is 31.6 Å². The SMILES string of the molecule is C=CCN1C(=O)[C@@](CCC2CCCCC2)(C[C@H]2CCC[C@](C)(CCCc3ccccc3)C2)N=C1N. The van der Waals surface area contributed by atoms with Crippen molar-refractivity contribution in [3.63, 3.8) is 0 Å². The van der Waals surface area contributed by atoms with Crippen LogP contribution in [0.3, 0.4) is 0 Å². The van der Waals surface area contributed by atoms with Crippen LogP contribution in [0.1, 0.15) is 102 Å². The highest BCUT2D eigenvalue weighted by Crippen LogP contribution is 2.47. The molecular weight excluding hydrogens is 430 g/mol. The summed E-state index contributed by atoms with van der Waals surface area (Å²) in [6.45, 7) is 6.78. The van der Waals surface area contributed by atoms with E-state index in [1.54, 1.807) is 11.0 Å². The highest BCUT2D eigenvalue weighted by atomic mass is 16.2. The van der Waals surface area contributed by atoms with Gasteiger partial charge in [0.25, 0.3) is 5.91 Å². The number of nitrogens with two attached hydrogens (primary N) is 1. The molecule has 2 saturated carbocycles. The Bertz CT molecular complexity index is 874. The van der Waals surface area contributed by atoms with Crippen molar-refractivity contribution >= 4 is 11.9 Å². The molecule has 1 aromatic carbocycles. The molecule has 1 amide bonds. The van der Waals surface area contributed by atoms with E-state index in [9.17, 15) is 4.79 Å². The summed E-state index contributed by atoms with van der Waals surface area (Å²) in [5, 5.41) is 0. The molecule has 4 heteroatoms. The third-order valence-corrected chi connectivity index (χ3v) is 9.14. The number of guanidine groups is 1. The molecule has 2 aliphatic carbocycles. The number of aryl methyl sites for hydroxylation is 1. The van der Waals surface area contributed by atoms with Crippen molar-refractivity contribution in [3.05, 3.63) is 48.6 Å². The first-order valence-corrected chi connectivity index (χ1v) is 14.3. The van der Waals surface area contributed by atoms with Crippen LogP contribution < -0.4 is 5.73 Å². The van der Waals surface area contributed by atoms with E-state index in [1.165, 1.54) is 76.2 Å². The molecule has 192 valence electrons. The van der Waals surface area contributed by atoms with E-state index in [2.05, 4.69) is 43.8 Å². The molecule has 0 saturated heterocycles.